The van der Waals surface area contributed by atoms with Crippen molar-refractivity contribution < 1.29 is 4.74 Å². The van der Waals surface area contributed by atoms with Gasteiger partial charge >= 0.3 is 0 Å². The molecule has 0 spiro atoms. The van der Waals surface area contributed by atoms with Gasteiger partial charge in [0.15, 0.2) is 4.96 Å². The Morgan fingerprint density at radius 2 is 2.33 bits per heavy atom. The maximum Gasteiger partial charge on any atom is 0.193 e. The van der Waals surface area contributed by atoms with E-state index in [9.17, 15) is 5.26 Å². The Bertz CT molecular complexity index is 816. The molecule has 1 aliphatic rings. The van der Waals surface area contributed by atoms with Crippen molar-refractivity contribution >= 4 is 16.3 Å². The van der Waals surface area contributed by atoms with Crippen molar-refractivity contribution in [1.29, 1.82) is 5.26 Å². The van der Waals surface area contributed by atoms with Crippen LogP contribution in [0.5, 0.6) is 5.75 Å². The Morgan fingerprint density at radius 3 is 3.19 bits per heavy atom. The lowest BCUT2D eigenvalue weighted by atomic mass is 9.74. The van der Waals surface area contributed by atoms with E-state index in [0.717, 1.165) is 22.0 Å². The third-order valence-corrected chi connectivity index (χ3v) is 4.80. The van der Waals surface area contributed by atoms with E-state index >= 15 is 0 Å². The Labute approximate surface area is 126 Å². The molecule has 0 aliphatic carbocycles. The molecule has 1 atom stereocenters. The number of fused-ring (bicyclic) bond motifs is 2. The molecule has 3 aromatic rings. The lowest BCUT2D eigenvalue weighted by Gasteiger charge is -2.32. The van der Waals surface area contributed by atoms with Crippen molar-refractivity contribution in [1.82, 2.24) is 9.38 Å². The van der Waals surface area contributed by atoms with Gasteiger partial charge in [0, 0.05) is 36.2 Å². The van der Waals surface area contributed by atoms with Crippen molar-refractivity contribution in [3.8, 4) is 11.8 Å². The molecule has 1 aromatic carbocycles. The van der Waals surface area contributed by atoms with Crippen molar-refractivity contribution in [3.05, 3.63) is 53.3 Å². The highest BCUT2D eigenvalue weighted by atomic mass is 32.1. The van der Waals surface area contributed by atoms with Gasteiger partial charge in [0.2, 0.25) is 0 Å². The monoisotopic (exact) mass is 295 g/mol. The molecule has 4 rings (SSSR count). The first-order valence-corrected chi connectivity index (χ1v) is 7.73. The van der Waals surface area contributed by atoms with Gasteiger partial charge in [0.05, 0.1) is 23.8 Å². The van der Waals surface area contributed by atoms with E-state index in [1.165, 1.54) is 0 Å². The summed E-state index contributed by atoms with van der Waals surface area (Å²) in [5.74, 6) is 0.825. The summed E-state index contributed by atoms with van der Waals surface area (Å²) in [6.07, 6.45) is 5.33. The smallest absolute Gasteiger partial charge is 0.193 e. The molecule has 2 aromatic heterocycles. The number of nitrogens with zero attached hydrogens (tertiary/aromatic N) is 3. The highest BCUT2D eigenvalue weighted by Gasteiger charge is 2.38. The molecule has 0 saturated heterocycles. The van der Waals surface area contributed by atoms with Crippen LogP contribution < -0.4 is 4.74 Å². The van der Waals surface area contributed by atoms with Gasteiger partial charge in [-0.2, -0.15) is 5.26 Å². The maximum atomic E-state index is 9.84. The van der Waals surface area contributed by atoms with E-state index in [1.807, 2.05) is 46.4 Å². The number of nitriles is 1. The Morgan fingerprint density at radius 1 is 1.43 bits per heavy atom. The molecule has 21 heavy (non-hydrogen) atoms. The topological polar surface area (TPSA) is 50.3 Å². The van der Waals surface area contributed by atoms with Crippen molar-refractivity contribution in [2.75, 3.05) is 6.61 Å². The van der Waals surface area contributed by atoms with Gasteiger partial charge in [0.25, 0.3) is 0 Å². The van der Waals surface area contributed by atoms with E-state index in [1.54, 1.807) is 11.3 Å². The van der Waals surface area contributed by atoms with E-state index in [-0.39, 0.29) is 0 Å². The van der Waals surface area contributed by atoms with Crippen LogP contribution in [0.25, 0.3) is 4.96 Å². The van der Waals surface area contributed by atoms with Crippen molar-refractivity contribution in [3.63, 3.8) is 0 Å². The van der Waals surface area contributed by atoms with Gasteiger partial charge in [0.1, 0.15) is 5.75 Å². The number of hydrogen-bond acceptors (Lipinski definition) is 4. The zero-order valence-corrected chi connectivity index (χ0v) is 12.1. The van der Waals surface area contributed by atoms with Crippen molar-refractivity contribution in [2.24, 2.45) is 0 Å². The van der Waals surface area contributed by atoms with Gasteiger partial charge in [-0.1, -0.05) is 18.2 Å². The largest absolute Gasteiger partial charge is 0.493 e. The lowest BCUT2D eigenvalue weighted by molar-refractivity contribution is 0.240. The highest BCUT2D eigenvalue weighted by Crippen LogP contribution is 2.40. The minimum atomic E-state index is -0.543. The molecule has 5 heteroatoms. The van der Waals surface area contributed by atoms with Crippen LogP contribution in [0.3, 0.4) is 0 Å². The van der Waals surface area contributed by atoms with Gasteiger partial charge < -0.3 is 4.74 Å². The second-order valence-corrected chi connectivity index (χ2v) is 6.16. The summed E-state index contributed by atoms with van der Waals surface area (Å²) >= 11 is 1.61. The molecule has 0 saturated carbocycles. The van der Waals surface area contributed by atoms with Crippen LogP contribution in [0.2, 0.25) is 0 Å². The molecular weight excluding hydrogens is 282 g/mol. The van der Waals surface area contributed by atoms with Gasteiger partial charge in [-0.3, -0.25) is 4.40 Å². The van der Waals surface area contributed by atoms with Gasteiger partial charge in [-0.25, -0.2) is 4.98 Å². The summed E-state index contributed by atoms with van der Waals surface area (Å²) in [6, 6.07) is 10.4. The maximum absolute atomic E-state index is 9.84. The second kappa shape index (κ2) is 4.61. The number of benzene rings is 1. The average molecular weight is 295 g/mol. The fraction of sp³-hybridized carbons (Fsp3) is 0.250. The van der Waals surface area contributed by atoms with E-state index < -0.39 is 5.41 Å². The molecule has 4 nitrogen and oxygen atoms in total. The van der Waals surface area contributed by atoms with Crippen LogP contribution in [-0.2, 0) is 11.8 Å². The number of aromatic nitrogens is 2. The third-order valence-electron chi connectivity index (χ3n) is 4.03. The summed E-state index contributed by atoms with van der Waals surface area (Å²) in [5.41, 5.74) is 1.40. The summed E-state index contributed by atoms with van der Waals surface area (Å²) in [7, 11) is 0. The lowest BCUT2D eigenvalue weighted by Crippen LogP contribution is -2.33. The normalized spacial score (nSPS) is 20.7. The number of rotatable bonds is 2. The van der Waals surface area contributed by atoms with Crippen LogP contribution in [0, 0.1) is 11.3 Å². The molecule has 104 valence electrons. The minimum Gasteiger partial charge on any atom is -0.493 e. The van der Waals surface area contributed by atoms with Gasteiger partial charge in [-0.15, -0.1) is 11.3 Å². The first-order chi connectivity index (χ1) is 10.3. The number of para-hydroxylation sites is 1. The molecule has 0 fully saturated rings. The van der Waals surface area contributed by atoms with Crippen molar-refractivity contribution in [2.45, 2.75) is 18.3 Å². The fourth-order valence-electron chi connectivity index (χ4n) is 2.97. The molecule has 0 N–H and O–H groups in total. The highest BCUT2D eigenvalue weighted by molar-refractivity contribution is 7.15. The summed E-state index contributed by atoms with van der Waals surface area (Å²) in [4.78, 5) is 5.59. The molecule has 0 bridgehead atoms. The van der Waals surface area contributed by atoms with E-state index in [4.69, 9.17) is 4.74 Å². The predicted octanol–water partition coefficient (Wildman–Crippen LogP) is 3.18. The molecular formula is C16H13N3OS. The minimum absolute atomic E-state index is 0.543. The summed E-state index contributed by atoms with van der Waals surface area (Å²) < 4.78 is 7.70. The molecule has 1 aliphatic heterocycles. The van der Waals surface area contributed by atoms with Crippen LogP contribution in [0.15, 0.2) is 42.0 Å². The SMILES string of the molecule is N#CC1(Cc2cn3ccsc3n2)CCOc2ccccc21. The summed E-state index contributed by atoms with van der Waals surface area (Å²) in [6.45, 7) is 0.576. The zero-order chi connectivity index (χ0) is 14.3. The number of thiazole rings is 1. The van der Waals surface area contributed by atoms with E-state index in [2.05, 4.69) is 11.1 Å². The predicted molar refractivity (Wildman–Crippen MR) is 80.6 cm³/mol. The number of imidazole rings is 1. The molecule has 0 radical (unpaired) electrons. The average Bonchev–Trinajstić information content (AvgIpc) is 3.08. The summed E-state index contributed by atoms with van der Waals surface area (Å²) in [5, 5.41) is 11.8. The zero-order valence-electron chi connectivity index (χ0n) is 11.3. The van der Waals surface area contributed by atoms with Gasteiger partial charge in [-0.05, 0) is 6.07 Å². The first kappa shape index (κ1) is 12.4. The molecule has 1 unspecified atom stereocenters. The Kier molecular flexibility index (Phi) is 2.72. The van der Waals surface area contributed by atoms with E-state index in [0.29, 0.717) is 19.4 Å². The van der Waals surface area contributed by atoms with Crippen LogP contribution in [0.1, 0.15) is 17.7 Å². The quantitative estimate of drug-likeness (QED) is 0.729. The number of hydrogen-bond donors (Lipinski definition) is 0. The van der Waals surface area contributed by atoms with Crippen LogP contribution >= 0.6 is 11.3 Å². The van der Waals surface area contributed by atoms with Crippen LogP contribution in [0.4, 0.5) is 0 Å². The number of ether oxygens (including phenoxy) is 1. The standard InChI is InChI=1S/C16H13N3OS/c17-11-16(5-7-20-14-4-2-1-3-13(14)16)9-12-10-19-6-8-21-15(19)18-12/h1-4,6,8,10H,5,7,9H2. The Hall–Kier alpha value is -2.32. The fourth-order valence-corrected chi connectivity index (χ4v) is 3.69. The first-order valence-electron chi connectivity index (χ1n) is 6.85. The second-order valence-electron chi connectivity index (χ2n) is 5.29. The molecule has 3 heterocycles. The molecule has 0 amide bonds. The third kappa shape index (κ3) is 1.91. The Balaban J connectivity index is 1.78. The van der Waals surface area contributed by atoms with Crippen LogP contribution in [-0.4, -0.2) is 16.0 Å².